The largest absolute Gasteiger partial charge is 0.497 e. The molecule has 1 aromatic rings. The summed E-state index contributed by atoms with van der Waals surface area (Å²) in [5, 5.41) is 0. The van der Waals surface area contributed by atoms with Gasteiger partial charge in [0, 0.05) is 25.9 Å². The van der Waals surface area contributed by atoms with E-state index in [1.165, 1.54) is 0 Å². The number of hydrogen-bond acceptors (Lipinski definition) is 4. The topological polar surface area (TPSA) is 55.8 Å². The Balaban J connectivity index is 2.15. The maximum Gasteiger partial charge on any atom is 0.219 e. The van der Waals surface area contributed by atoms with Crippen LogP contribution in [0, 0.1) is 5.92 Å². The summed E-state index contributed by atoms with van der Waals surface area (Å²) in [6.45, 7) is 2.84. The van der Waals surface area contributed by atoms with Crippen LogP contribution in [0.15, 0.2) is 18.2 Å². The van der Waals surface area contributed by atoms with E-state index in [0.29, 0.717) is 43.0 Å². The molecule has 1 aliphatic rings. The number of amides is 1. The Morgan fingerprint density at radius 3 is 2.33 bits per heavy atom. The number of nitrogens with zero attached hydrogens (tertiary/aromatic N) is 1. The second-order valence-electron chi connectivity index (χ2n) is 5.21. The number of benzene rings is 1. The third-order valence-electron chi connectivity index (χ3n) is 3.98. The van der Waals surface area contributed by atoms with E-state index in [1.807, 2.05) is 0 Å². The number of Topliss-reactive ketones (excluding diaryl/α,β-unsaturated/α-hetero) is 1. The highest BCUT2D eigenvalue weighted by Gasteiger charge is 2.28. The zero-order valence-corrected chi connectivity index (χ0v) is 12.7. The number of likely N-dealkylation sites (tertiary alicyclic amines) is 1. The van der Waals surface area contributed by atoms with Crippen molar-refractivity contribution in [3.05, 3.63) is 23.8 Å². The average molecular weight is 291 g/mol. The third kappa shape index (κ3) is 3.35. The summed E-state index contributed by atoms with van der Waals surface area (Å²) in [5.41, 5.74) is 0.554. The van der Waals surface area contributed by atoms with E-state index in [4.69, 9.17) is 9.47 Å². The highest BCUT2D eigenvalue weighted by Crippen LogP contribution is 2.29. The number of hydrogen-bond donors (Lipinski definition) is 0. The number of rotatable bonds is 4. The Morgan fingerprint density at radius 1 is 1.14 bits per heavy atom. The summed E-state index contributed by atoms with van der Waals surface area (Å²) in [6, 6.07) is 5.24. The van der Waals surface area contributed by atoms with Gasteiger partial charge in [0.15, 0.2) is 5.78 Å². The molecule has 114 valence electrons. The van der Waals surface area contributed by atoms with E-state index in [2.05, 4.69) is 0 Å². The summed E-state index contributed by atoms with van der Waals surface area (Å²) >= 11 is 0. The average Bonchev–Trinajstić information content (AvgIpc) is 2.53. The molecular weight excluding hydrogens is 270 g/mol. The van der Waals surface area contributed by atoms with Crippen LogP contribution in [0.5, 0.6) is 11.5 Å². The van der Waals surface area contributed by atoms with Gasteiger partial charge in [0.2, 0.25) is 5.91 Å². The molecule has 0 spiro atoms. The van der Waals surface area contributed by atoms with Gasteiger partial charge >= 0.3 is 0 Å². The van der Waals surface area contributed by atoms with Crippen LogP contribution in [-0.4, -0.2) is 43.9 Å². The van der Waals surface area contributed by atoms with Gasteiger partial charge < -0.3 is 14.4 Å². The van der Waals surface area contributed by atoms with Gasteiger partial charge in [0.25, 0.3) is 0 Å². The third-order valence-corrected chi connectivity index (χ3v) is 3.98. The van der Waals surface area contributed by atoms with Crippen LogP contribution in [0.1, 0.15) is 30.1 Å². The van der Waals surface area contributed by atoms with Gasteiger partial charge in [-0.05, 0) is 31.0 Å². The lowest BCUT2D eigenvalue weighted by Crippen LogP contribution is -2.39. The molecule has 0 unspecified atom stereocenters. The first-order valence-electron chi connectivity index (χ1n) is 7.08. The van der Waals surface area contributed by atoms with Crippen molar-refractivity contribution in [1.82, 2.24) is 4.90 Å². The first kappa shape index (κ1) is 15.4. The van der Waals surface area contributed by atoms with Crippen LogP contribution in [-0.2, 0) is 4.79 Å². The molecule has 21 heavy (non-hydrogen) atoms. The van der Waals surface area contributed by atoms with E-state index in [9.17, 15) is 9.59 Å². The number of carbonyl (C=O) groups excluding carboxylic acids is 2. The standard InChI is InChI=1S/C16H21NO4/c1-11(18)17-8-6-12(7-9-17)16(19)14-10-13(20-2)4-5-15(14)21-3/h4-5,10,12H,6-9H2,1-3H3. The Kier molecular flexibility index (Phi) is 4.83. The smallest absolute Gasteiger partial charge is 0.219 e. The van der Waals surface area contributed by atoms with E-state index < -0.39 is 0 Å². The normalized spacial score (nSPS) is 15.7. The van der Waals surface area contributed by atoms with Crippen molar-refractivity contribution < 1.29 is 19.1 Å². The summed E-state index contributed by atoms with van der Waals surface area (Å²) in [6.07, 6.45) is 1.39. The Morgan fingerprint density at radius 2 is 1.81 bits per heavy atom. The lowest BCUT2D eigenvalue weighted by atomic mass is 9.88. The molecule has 0 saturated carbocycles. The van der Waals surface area contributed by atoms with Crippen LogP contribution in [0.25, 0.3) is 0 Å². The molecule has 1 amide bonds. The van der Waals surface area contributed by atoms with Gasteiger partial charge in [-0.3, -0.25) is 9.59 Å². The molecule has 1 fully saturated rings. The highest BCUT2D eigenvalue weighted by molar-refractivity contribution is 6.00. The van der Waals surface area contributed by atoms with Crippen LogP contribution in [0.2, 0.25) is 0 Å². The van der Waals surface area contributed by atoms with Crippen molar-refractivity contribution in [1.29, 1.82) is 0 Å². The maximum atomic E-state index is 12.7. The molecule has 0 aromatic heterocycles. The molecule has 0 bridgehead atoms. The van der Waals surface area contributed by atoms with E-state index in [0.717, 1.165) is 0 Å². The van der Waals surface area contributed by atoms with Crippen molar-refractivity contribution in [2.75, 3.05) is 27.3 Å². The van der Waals surface area contributed by atoms with Crippen molar-refractivity contribution in [2.24, 2.45) is 5.92 Å². The van der Waals surface area contributed by atoms with Crippen LogP contribution in [0.4, 0.5) is 0 Å². The maximum absolute atomic E-state index is 12.7. The van der Waals surface area contributed by atoms with Crippen molar-refractivity contribution in [3.63, 3.8) is 0 Å². The molecule has 1 heterocycles. The van der Waals surface area contributed by atoms with Gasteiger partial charge in [0.05, 0.1) is 19.8 Å². The van der Waals surface area contributed by atoms with E-state index >= 15 is 0 Å². The summed E-state index contributed by atoms with van der Waals surface area (Å²) in [5.74, 6) is 1.27. The van der Waals surface area contributed by atoms with Crippen LogP contribution in [0.3, 0.4) is 0 Å². The number of carbonyl (C=O) groups is 2. The molecule has 1 aromatic carbocycles. The second kappa shape index (κ2) is 6.61. The quantitative estimate of drug-likeness (QED) is 0.798. The summed E-state index contributed by atoms with van der Waals surface area (Å²) in [4.78, 5) is 25.8. The van der Waals surface area contributed by atoms with Gasteiger partial charge in [-0.1, -0.05) is 0 Å². The van der Waals surface area contributed by atoms with Crippen molar-refractivity contribution in [2.45, 2.75) is 19.8 Å². The van der Waals surface area contributed by atoms with Crippen LogP contribution >= 0.6 is 0 Å². The van der Waals surface area contributed by atoms with Crippen LogP contribution < -0.4 is 9.47 Å². The Labute approximate surface area is 124 Å². The zero-order chi connectivity index (χ0) is 15.4. The first-order chi connectivity index (χ1) is 10.1. The summed E-state index contributed by atoms with van der Waals surface area (Å²) < 4.78 is 10.5. The predicted molar refractivity (Wildman–Crippen MR) is 78.9 cm³/mol. The fourth-order valence-electron chi connectivity index (χ4n) is 2.68. The molecule has 0 N–H and O–H groups in total. The molecule has 0 aliphatic carbocycles. The number of ether oxygens (including phenoxy) is 2. The molecule has 0 radical (unpaired) electrons. The minimum Gasteiger partial charge on any atom is -0.497 e. The molecular formula is C16H21NO4. The zero-order valence-electron chi connectivity index (χ0n) is 12.7. The molecule has 5 nitrogen and oxygen atoms in total. The van der Waals surface area contributed by atoms with Crippen molar-refractivity contribution >= 4 is 11.7 Å². The SMILES string of the molecule is COc1ccc(OC)c(C(=O)C2CCN(C(C)=O)CC2)c1. The number of methoxy groups -OCH3 is 2. The van der Waals surface area contributed by atoms with Gasteiger partial charge in [-0.2, -0.15) is 0 Å². The molecule has 1 saturated heterocycles. The second-order valence-corrected chi connectivity index (χ2v) is 5.21. The van der Waals surface area contributed by atoms with E-state index in [1.54, 1.807) is 44.2 Å². The monoisotopic (exact) mass is 291 g/mol. The fourth-order valence-corrected chi connectivity index (χ4v) is 2.68. The molecule has 5 heteroatoms. The minimum atomic E-state index is -0.0680. The number of piperidine rings is 1. The van der Waals surface area contributed by atoms with E-state index in [-0.39, 0.29) is 17.6 Å². The fraction of sp³-hybridized carbons (Fsp3) is 0.500. The van der Waals surface area contributed by atoms with Gasteiger partial charge in [0.1, 0.15) is 11.5 Å². The highest BCUT2D eigenvalue weighted by atomic mass is 16.5. The molecule has 0 atom stereocenters. The van der Waals surface area contributed by atoms with Gasteiger partial charge in [-0.15, -0.1) is 0 Å². The summed E-state index contributed by atoms with van der Waals surface area (Å²) in [7, 11) is 3.12. The predicted octanol–water partition coefficient (Wildman–Crippen LogP) is 2.15. The van der Waals surface area contributed by atoms with Gasteiger partial charge in [-0.25, -0.2) is 0 Å². The minimum absolute atomic E-state index is 0.0638. The Hall–Kier alpha value is -2.04. The van der Waals surface area contributed by atoms with Crippen molar-refractivity contribution in [3.8, 4) is 11.5 Å². The Bertz CT molecular complexity index is 533. The first-order valence-corrected chi connectivity index (χ1v) is 7.08. The lowest BCUT2D eigenvalue weighted by Gasteiger charge is -2.30. The molecule has 2 rings (SSSR count). The lowest BCUT2D eigenvalue weighted by molar-refractivity contribution is -0.130. The number of ketones is 1. The molecule has 1 aliphatic heterocycles.